The number of hydrogen-bond donors (Lipinski definition) is 1. The van der Waals surface area contributed by atoms with Gasteiger partial charge in [-0.2, -0.15) is 0 Å². The van der Waals surface area contributed by atoms with Crippen molar-refractivity contribution in [2.45, 2.75) is 5.78 Å². The molecule has 2 aromatic heterocycles. The molecular formula is C16H18N3O4PS. The molecule has 1 N–H and O–H groups in total. The summed E-state index contributed by atoms with van der Waals surface area (Å²) < 4.78 is 29.6. The predicted octanol–water partition coefficient (Wildman–Crippen LogP) is 4.30. The van der Waals surface area contributed by atoms with Crippen LogP contribution in [0.15, 0.2) is 42.7 Å². The number of nitrogens with one attached hydrogen (secondary N) is 1. The first-order chi connectivity index (χ1) is 12.1. The Morgan fingerprint density at radius 1 is 1.12 bits per heavy atom. The van der Waals surface area contributed by atoms with Gasteiger partial charge in [-0.05, 0) is 35.9 Å². The number of fused-ring (bicyclic) bond motifs is 1. The van der Waals surface area contributed by atoms with E-state index in [1.54, 1.807) is 31.6 Å². The van der Waals surface area contributed by atoms with E-state index in [4.69, 9.17) is 13.8 Å². The van der Waals surface area contributed by atoms with Gasteiger partial charge in [-0.25, -0.2) is 4.98 Å². The van der Waals surface area contributed by atoms with E-state index in [9.17, 15) is 4.57 Å². The number of benzene rings is 1. The van der Waals surface area contributed by atoms with E-state index in [-0.39, 0.29) is 0 Å². The average molecular weight is 379 g/mol. The first-order valence-electron chi connectivity index (χ1n) is 7.42. The van der Waals surface area contributed by atoms with E-state index in [0.717, 1.165) is 21.5 Å². The minimum absolute atomic E-state index is 0.611. The second-order valence-electron chi connectivity index (χ2n) is 5.09. The number of anilines is 1. The van der Waals surface area contributed by atoms with Gasteiger partial charge in [0, 0.05) is 26.6 Å². The lowest BCUT2D eigenvalue weighted by Crippen LogP contribution is -2.13. The SMILES string of the molecule is COc1ccc2nc(NC(c3ccncc3)P(=O)(OC)OC)sc2c1. The van der Waals surface area contributed by atoms with E-state index in [1.807, 2.05) is 18.2 Å². The molecular weight excluding hydrogens is 361 g/mol. The molecule has 0 fully saturated rings. The van der Waals surface area contributed by atoms with Crippen LogP contribution < -0.4 is 10.1 Å². The maximum atomic E-state index is 13.0. The van der Waals surface area contributed by atoms with E-state index in [2.05, 4.69) is 15.3 Å². The van der Waals surface area contributed by atoms with Crippen molar-refractivity contribution in [3.63, 3.8) is 0 Å². The topological polar surface area (TPSA) is 82.6 Å². The highest BCUT2D eigenvalue weighted by Crippen LogP contribution is 2.59. The summed E-state index contributed by atoms with van der Waals surface area (Å²) in [5.41, 5.74) is 1.56. The Bertz CT molecular complexity index is 895. The number of aromatic nitrogens is 2. The van der Waals surface area contributed by atoms with Crippen molar-refractivity contribution in [2.75, 3.05) is 26.6 Å². The van der Waals surface area contributed by atoms with Crippen molar-refractivity contribution in [3.8, 4) is 5.75 Å². The molecule has 0 bridgehead atoms. The van der Waals surface area contributed by atoms with Crippen LogP contribution in [-0.4, -0.2) is 31.3 Å². The van der Waals surface area contributed by atoms with Crippen LogP contribution in [0.3, 0.4) is 0 Å². The summed E-state index contributed by atoms with van der Waals surface area (Å²) in [5, 5.41) is 3.80. The third-order valence-electron chi connectivity index (χ3n) is 3.70. The van der Waals surface area contributed by atoms with Crippen LogP contribution in [0.1, 0.15) is 11.3 Å². The maximum Gasteiger partial charge on any atom is 0.356 e. The van der Waals surface area contributed by atoms with Gasteiger partial charge in [0.2, 0.25) is 0 Å². The van der Waals surface area contributed by atoms with E-state index >= 15 is 0 Å². The van der Waals surface area contributed by atoms with Gasteiger partial charge in [0.25, 0.3) is 0 Å². The van der Waals surface area contributed by atoms with E-state index in [0.29, 0.717) is 5.13 Å². The minimum Gasteiger partial charge on any atom is -0.497 e. The fourth-order valence-electron chi connectivity index (χ4n) is 2.39. The lowest BCUT2D eigenvalue weighted by atomic mass is 10.3. The molecule has 0 spiro atoms. The number of rotatable bonds is 7. The van der Waals surface area contributed by atoms with Crippen LogP contribution in [-0.2, 0) is 13.6 Å². The quantitative estimate of drug-likeness (QED) is 0.613. The number of ether oxygens (including phenoxy) is 1. The summed E-state index contributed by atoms with van der Waals surface area (Å²) in [6.45, 7) is 0. The smallest absolute Gasteiger partial charge is 0.356 e. The van der Waals surface area contributed by atoms with Crippen molar-refractivity contribution in [3.05, 3.63) is 48.3 Å². The summed E-state index contributed by atoms with van der Waals surface area (Å²) in [6, 6.07) is 9.16. The Kier molecular flexibility index (Phi) is 5.34. The number of thiazole rings is 1. The van der Waals surface area contributed by atoms with E-state index in [1.165, 1.54) is 25.6 Å². The zero-order valence-electron chi connectivity index (χ0n) is 14.0. The lowest BCUT2D eigenvalue weighted by molar-refractivity contribution is 0.268. The highest BCUT2D eigenvalue weighted by atomic mass is 32.1. The van der Waals surface area contributed by atoms with Crippen molar-refractivity contribution in [2.24, 2.45) is 0 Å². The lowest BCUT2D eigenvalue weighted by Gasteiger charge is -2.25. The highest BCUT2D eigenvalue weighted by molar-refractivity contribution is 7.54. The number of methoxy groups -OCH3 is 1. The summed E-state index contributed by atoms with van der Waals surface area (Å²) >= 11 is 1.44. The molecule has 0 radical (unpaired) electrons. The molecule has 0 saturated heterocycles. The summed E-state index contributed by atoms with van der Waals surface area (Å²) in [5.74, 6) is 0.0563. The van der Waals surface area contributed by atoms with Gasteiger partial charge in [-0.3, -0.25) is 9.55 Å². The molecule has 0 aliphatic rings. The van der Waals surface area contributed by atoms with Gasteiger partial charge in [-0.15, -0.1) is 0 Å². The molecule has 9 heteroatoms. The normalized spacial score (nSPS) is 12.9. The van der Waals surface area contributed by atoms with Crippen molar-refractivity contribution in [1.29, 1.82) is 0 Å². The average Bonchev–Trinajstić information content (AvgIpc) is 3.07. The van der Waals surface area contributed by atoms with Crippen molar-refractivity contribution in [1.82, 2.24) is 9.97 Å². The molecule has 132 valence electrons. The summed E-state index contributed by atoms with van der Waals surface area (Å²) in [6.07, 6.45) is 3.26. The van der Waals surface area contributed by atoms with Gasteiger partial charge in [0.05, 0.1) is 17.3 Å². The third kappa shape index (κ3) is 3.67. The van der Waals surface area contributed by atoms with Crippen LogP contribution >= 0.6 is 18.9 Å². The van der Waals surface area contributed by atoms with Crippen LogP contribution in [0.5, 0.6) is 5.75 Å². The monoisotopic (exact) mass is 379 g/mol. The molecule has 7 nitrogen and oxygen atoms in total. The second kappa shape index (κ2) is 7.49. The van der Waals surface area contributed by atoms with Crippen molar-refractivity contribution < 1.29 is 18.3 Å². The fraction of sp³-hybridized carbons (Fsp3) is 0.250. The molecule has 2 heterocycles. The van der Waals surface area contributed by atoms with Crippen LogP contribution in [0.2, 0.25) is 0 Å². The maximum absolute atomic E-state index is 13.0. The molecule has 3 aromatic rings. The second-order valence-corrected chi connectivity index (χ2v) is 8.44. The van der Waals surface area contributed by atoms with E-state index < -0.39 is 13.4 Å². The first kappa shape index (κ1) is 17.8. The van der Waals surface area contributed by atoms with Gasteiger partial charge in [0.15, 0.2) is 10.9 Å². The Labute approximate surface area is 149 Å². The zero-order valence-corrected chi connectivity index (χ0v) is 15.7. The Morgan fingerprint density at radius 2 is 1.84 bits per heavy atom. The van der Waals surface area contributed by atoms with Gasteiger partial charge < -0.3 is 19.1 Å². The fourth-order valence-corrected chi connectivity index (χ4v) is 4.78. The predicted molar refractivity (Wildman–Crippen MR) is 98.4 cm³/mol. The van der Waals surface area contributed by atoms with Crippen LogP contribution in [0, 0.1) is 0 Å². The molecule has 0 amide bonds. The number of nitrogens with zero attached hydrogens (tertiary/aromatic N) is 2. The molecule has 25 heavy (non-hydrogen) atoms. The Hall–Kier alpha value is -1.99. The molecule has 0 aliphatic heterocycles. The van der Waals surface area contributed by atoms with Gasteiger partial charge in [0.1, 0.15) is 5.75 Å². The van der Waals surface area contributed by atoms with Gasteiger partial charge >= 0.3 is 7.60 Å². The number of pyridine rings is 1. The molecule has 3 rings (SSSR count). The first-order valence-corrected chi connectivity index (χ1v) is 9.84. The van der Waals surface area contributed by atoms with Crippen LogP contribution in [0.25, 0.3) is 10.2 Å². The molecule has 0 aliphatic carbocycles. The minimum atomic E-state index is -3.43. The molecule has 1 atom stereocenters. The third-order valence-corrected chi connectivity index (χ3v) is 6.73. The summed E-state index contributed by atoms with van der Waals surface area (Å²) in [7, 11) is 0.914. The molecule has 1 aromatic carbocycles. The number of hydrogen-bond acceptors (Lipinski definition) is 8. The molecule has 1 unspecified atom stereocenters. The Morgan fingerprint density at radius 3 is 2.48 bits per heavy atom. The highest BCUT2D eigenvalue weighted by Gasteiger charge is 2.36. The summed E-state index contributed by atoms with van der Waals surface area (Å²) in [4.78, 5) is 8.54. The molecule has 0 saturated carbocycles. The van der Waals surface area contributed by atoms with Crippen molar-refractivity contribution >= 4 is 34.3 Å². The Balaban J connectivity index is 1.99. The van der Waals surface area contributed by atoms with Gasteiger partial charge in [-0.1, -0.05) is 11.3 Å². The largest absolute Gasteiger partial charge is 0.497 e. The zero-order chi connectivity index (χ0) is 17.9. The van der Waals surface area contributed by atoms with Crippen LogP contribution in [0.4, 0.5) is 5.13 Å². The standard InChI is InChI=1S/C16H18N3O4PS/c1-21-12-4-5-13-14(10-12)25-16(18-13)19-15(24(20,22-2)23-3)11-6-8-17-9-7-11/h4-10,15H,1-3H3,(H,18,19).